The molecule has 4 nitrogen and oxygen atoms in total. The van der Waals surface area contributed by atoms with Crippen LogP contribution in [0.2, 0.25) is 5.02 Å². The first-order valence-electron chi connectivity index (χ1n) is 7.74. The van der Waals surface area contributed by atoms with E-state index in [0.29, 0.717) is 11.6 Å². The fourth-order valence-corrected chi connectivity index (χ4v) is 4.05. The first-order valence-corrected chi connectivity index (χ1v) is 9.00. The SMILES string of the molecule is O=C(Nc1ccc(Cl)cc1)N1CCn2cccc2[C@H]1c1cccs1. The van der Waals surface area contributed by atoms with E-state index in [9.17, 15) is 4.79 Å². The van der Waals surface area contributed by atoms with Gasteiger partial charge in [0.05, 0.1) is 0 Å². The summed E-state index contributed by atoms with van der Waals surface area (Å²) in [6.07, 6.45) is 2.07. The molecule has 3 heterocycles. The van der Waals surface area contributed by atoms with Crippen molar-refractivity contribution in [2.24, 2.45) is 0 Å². The molecule has 2 amide bonds. The number of amides is 2. The Kier molecular flexibility index (Phi) is 4.04. The lowest BCUT2D eigenvalue weighted by atomic mass is 10.1. The summed E-state index contributed by atoms with van der Waals surface area (Å²) in [6, 6.07) is 15.3. The van der Waals surface area contributed by atoms with Gasteiger partial charge in [-0.3, -0.25) is 0 Å². The molecule has 4 rings (SSSR count). The van der Waals surface area contributed by atoms with Crippen molar-refractivity contribution in [3.63, 3.8) is 0 Å². The van der Waals surface area contributed by atoms with Crippen LogP contribution in [0.3, 0.4) is 0 Å². The molecule has 0 fully saturated rings. The summed E-state index contributed by atoms with van der Waals surface area (Å²) in [6.45, 7) is 1.47. The normalized spacial score (nSPS) is 16.7. The minimum Gasteiger partial charge on any atom is -0.347 e. The molecule has 1 aliphatic heterocycles. The number of anilines is 1. The number of fused-ring (bicyclic) bond motifs is 1. The van der Waals surface area contributed by atoms with Gasteiger partial charge in [0, 0.05) is 40.6 Å². The molecular formula is C18H16ClN3OS. The standard InChI is InChI=1S/C18H16ClN3OS/c19-13-5-7-14(8-6-13)20-18(23)22-11-10-21-9-1-3-15(21)17(22)16-4-2-12-24-16/h1-9,12,17H,10-11H2,(H,20,23)/t17-/m0/s1. The number of hydrogen-bond acceptors (Lipinski definition) is 2. The largest absolute Gasteiger partial charge is 0.347 e. The quantitative estimate of drug-likeness (QED) is 0.700. The zero-order chi connectivity index (χ0) is 16.5. The van der Waals surface area contributed by atoms with Crippen LogP contribution in [-0.2, 0) is 6.54 Å². The Morgan fingerprint density at radius 1 is 1.12 bits per heavy atom. The molecule has 1 aliphatic rings. The minimum absolute atomic E-state index is 0.0546. The molecule has 0 unspecified atom stereocenters. The molecule has 2 aromatic heterocycles. The zero-order valence-corrected chi connectivity index (χ0v) is 14.4. The summed E-state index contributed by atoms with van der Waals surface area (Å²) in [7, 11) is 0. The Labute approximate surface area is 149 Å². The summed E-state index contributed by atoms with van der Waals surface area (Å²) in [5.74, 6) is 0. The van der Waals surface area contributed by atoms with Crippen LogP contribution in [0.1, 0.15) is 16.6 Å². The average molecular weight is 358 g/mol. The second-order valence-electron chi connectivity index (χ2n) is 5.67. The topological polar surface area (TPSA) is 37.3 Å². The van der Waals surface area contributed by atoms with Gasteiger partial charge < -0.3 is 14.8 Å². The number of thiophene rings is 1. The van der Waals surface area contributed by atoms with Crippen LogP contribution in [-0.4, -0.2) is 22.0 Å². The summed E-state index contributed by atoms with van der Waals surface area (Å²) in [4.78, 5) is 15.9. The van der Waals surface area contributed by atoms with Crippen molar-refractivity contribution in [2.75, 3.05) is 11.9 Å². The fourth-order valence-electron chi connectivity index (χ4n) is 3.08. The maximum absolute atomic E-state index is 12.9. The molecule has 0 aliphatic carbocycles. The van der Waals surface area contributed by atoms with E-state index >= 15 is 0 Å². The molecule has 0 saturated carbocycles. The number of nitrogens with zero attached hydrogens (tertiary/aromatic N) is 2. The molecule has 0 bridgehead atoms. The molecule has 6 heteroatoms. The van der Waals surface area contributed by atoms with Crippen molar-refractivity contribution in [2.45, 2.75) is 12.6 Å². The Morgan fingerprint density at radius 3 is 2.71 bits per heavy atom. The van der Waals surface area contributed by atoms with Gasteiger partial charge in [0.15, 0.2) is 0 Å². The predicted molar refractivity (Wildman–Crippen MR) is 97.8 cm³/mol. The van der Waals surface area contributed by atoms with Gasteiger partial charge in [0.25, 0.3) is 0 Å². The Bertz CT molecular complexity index is 842. The van der Waals surface area contributed by atoms with Crippen molar-refractivity contribution in [3.8, 4) is 0 Å². The van der Waals surface area contributed by atoms with E-state index in [4.69, 9.17) is 11.6 Å². The van der Waals surface area contributed by atoms with Gasteiger partial charge in [0.2, 0.25) is 0 Å². The van der Waals surface area contributed by atoms with E-state index in [1.807, 2.05) is 34.5 Å². The average Bonchev–Trinajstić information content (AvgIpc) is 3.27. The molecule has 1 N–H and O–H groups in total. The molecule has 0 radical (unpaired) electrons. The monoisotopic (exact) mass is 357 g/mol. The summed E-state index contributed by atoms with van der Waals surface area (Å²) in [5, 5.41) is 5.68. The van der Waals surface area contributed by atoms with Gasteiger partial charge in [-0.2, -0.15) is 0 Å². The van der Waals surface area contributed by atoms with E-state index in [-0.39, 0.29) is 12.1 Å². The van der Waals surface area contributed by atoms with Crippen molar-refractivity contribution in [3.05, 3.63) is 75.7 Å². The Hall–Kier alpha value is -2.24. The zero-order valence-electron chi connectivity index (χ0n) is 12.9. The van der Waals surface area contributed by atoms with E-state index in [0.717, 1.165) is 17.9 Å². The third-order valence-electron chi connectivity index (χ3n) is 4.21. The smallest absolute Gasteiger partial charge is 0.322 e. The van der Waals surface area contributed by atoms with Gasteiger partial charge in [-0.15, -0.1) is 11.3 Å². The Morgan fingerprint density at radius 2 is 1.96 bits per heavy atom. The number of rotatable bonds is 2. The highest BCUT2D eigenvalue weighted by Crippen LogP contribution is 2.35. The summed E-state index contributed by atoms with van der Waals surface area (Å²) < 4.78 is 2.22. The lowest BCUT2D eigenvalue weighted by Gasteiger charge is -2.36. The first kappa shape index (κ1) is 15.3. The molecule has 1 atom stereocenters. The number of benzene rings is 1. The molecule has 0 saturated heterocycles. The highest BCUT2D eigenvalue weighted by molar-refractivity contribution is 7.10. The van der Waals surface area contributed by atoms with E-state index in [2.05, 4.69) is 28.2 Å². The maximum atomic E-state index is 12.9. The van der Waals surface area contributed by atoms with Crippen molar-refractivity contribution in [1.82, 2.24) is 9.47 Å². The lowest BCUT2D eigenvalue weighted by Crippen LogP contribution is -2.44. The van der Waals surface area contributed by atoms with Crippen molar-refractivity contribution < 1.29 is 4.79 Å². The van der Waals surface area contributed by atoms with Crippen LogP contribution < -0.4 is 5.32 Å². The molecule has 122 valence electrons. The summed E-state index contributed by atoms with van der Waals surface area (Å²) in [5.41, 5.74) is 1.89. The number of nitrogens with one attached hydrogen (secondary N) is 1. The van der Waals surface area contributed by atoms with Gasteiger partial charge in [0.1, 0.15) is 6.04 Å². The second kappa shape index (κ2) is 6.34. The van der Waals surface area contributed by atoms with Crippen LogP contribution in [0.25, 0.3) is 0 Å². The lowest BCUT2D eigenvalue weighted by molar-refractivity contribution is 0.183. The van der Waals surface area contributed by atoms with Gasteiger partial charge in [-0.25, -0.2) is 4.79 Å². The van der Waals surface area contributed by atoms with Gasteiger partial charge >= 0.3 is 6.03 Å². The van der Waals surface area contributed by atoms with E-state index < -0.39 is 0 Å². The third-order valence-corrected chi connectivity index (χ3v) is 5.38. The van der Waals surface area contributed by atoms with Crippen LogP contribution in [0.15, 0.2) is 60.1 Å². The summed E-state index contributed by atoms with van der Waals surface area (Å²) >= 11 is 7.58. The molecule has 24 heavy (non-hydrogen) atoms. The molecule has 1 aromatic carbocycles. The predicted octanol–water partition coefficient (Wildman–Crippen LogP) is 4.84. The fraction of sp³-hybridized carbons (Fsp3) is 0.167. The van der Waals surface area contributed by atoms with E-state index in [1.54, 1.807) is 23.5 Å². The highest BCUT2D eigenvalue weighted by atomic mass is 35.5. The van der Waals surface area contributed by atoms with Crippen LogP contribution in [0.4, 0.5) is 10.5 Å². The molecular weight excluding hydrogens is 342 g/mol. The van der Waals surface area contributed by atoms with Crippen molar-refractivity contribution in [1.29, 1.82) is 0 Å². The second-order valence-corrected chi connectivity index (χ2v) is 7.09. The Balaban J connectivity index is 1.63. The number of aromatic nitrogens is 1. The van der Waals surface area contributed by atoms with Gasteiger partial charge in [-0.1, -0.05) is 17.7 Å². The van der Waals surface area contributed by atoms with Crippen molar-refractivity contribution >= 4 is 34.7 Å². The number of urea groups is 1. The van der Waals surface area contributed by atoms with Crippen LogP contribution >= 0.6 is 22.9 Å². The number of carbonyl (C=O) groups is 1. The van der Waals surface area contributed by atoms with Crippen LogP contribution in [0.5, 0.6) is 0 Å². The minimum atomic E-state index is -0.0943. The first-order chi connectivity index (χ1) is 11.7. The number of carbonyl (C=O) groups excluding carboxylic acids is 1. The number of hydrogen-bond donors (Lipinski definition) is 1. The number of halogens is 1. The molecule has 0 spiro atoms. The molecule has 3 aromatic rings. The highest BCUT2D eigenvalue weighted by Gasteiger charge is 2.32. The third kappa shape index (κ3) is 2.81. The van der Waals surface area contributed by atoms with E-state index in [1.165, 1.54) is 4.88 Å². The van der Waals surface area contributed by atoms with Crippen LogP contribution in [0, 0.1) is 0 Å². The maximum Gasteiger partial charge on any atom is 0.322 e. The van der Waals surface area contributed by atoms with Gasteiger partial charge in [-0.05, 0) is 47.8 Å².